The summed E-state index contributed by atoms with van der Waals surface area (Å²) in [4.78, 5) is 0. The van der Waals surface area contributed by atoms with Crippen LogP contribution in [-0.4, -0.2) is 34.6 Å². The molecule has 0 radical (unpaired) electrons. The van der Waals surface area contributed by atoms with Crippen LogP contribution < -0.4 is 5.32 Å². The van der Waals surface area contributed by atoms with E-state index in [4.69, 9.17) is 0 Å². The monoisotopic (exact) mass is 303 g/mol. The van der Waals surface area contributed by atoms with Gasteiger partial charge in [-0.25, -0.2) is 0 Å². The second kappa shape index (κ2) is 11.3. The summed E-state index contributed by atoms with van der Waals surface area (Å²) in [6, 6.07) is 0.745. The SMILES string of the molecule is CCCCCCCC(NCCC)C1SCCSC1C. The molecule has 114 valence electrons. The number of nitrogens with one attached hydrogen (secondary N) is 1. The number of hydrogen-bond acceptors (Lipinski definition) is 3. The van der Waals surface area contributed by atoms with Crippen LogP contribution in [0.3, 0.4) is 0 Å². The molecule has 3 unspecified atom stereocenters. The minimum absolute atomic E-state index is 0.745. The molecule has 1 fully saturated rings. The summed E-state index contributed by atoms with van der Waals surface area (Å²) < 4.78 is 0. The van der Waals surface area contributed by atoms with E-state index in [1.165, 1.54) is 63.0 Å². The largest absolute Gasteiger partial charge is 0.313 e. The third-order valence-corrected chi connectivity index (χ3v) is 7.16. The second-order valence-electron chi connectivity index (χ2n) is 5.67. The molecule has 1 aliphatic rings. The third-order valence-electron chi connectivity index (χ3n) is 3.91. The maximum absolute atomic E-state index is 3.83. The highest BCUT2D eigenvalue weighted by Crippen LogP contribution is 2.34. The van der Waals surface area contributed by atoms with Crippen molar-refractivity contribution < 1.29 is 0 Å². The Morgan fingerprint density at radius 2 is 1.74 bits per heavy atom. The van der Waals surface area contributed by atoms with Gasteiger partial charge in [0.05, 0.1) is 0 Å². The van der Waals surface area contributed by atoms with E-state index in [-0.39, 0.29) is 0 Å². The van der Waals surface area contributed by atoms with Crippen molar-refractivity contribution in [2.24, 2.45) is 0 Å². The molecule has 1 aliphatic heterocycles. The van der Waals surface area contributed by atoms with Crippen molar-refractivity contribution in [2.75, 3.05) is 18.1 Å². The number of unbranched alkanes of at least 4 members (excludes halogenated alkanes) is 4. The van der Waals surface area contributed by atoms with Crippen molar-refractivity contribution in [2.45, 2.75) is 82.3 Å². The third kappa shape index (κ3) is 7.29. The molecular weight excluding hydrogens is 270 g/mol. The smallest absolute Gasteiger partial charge is 0.0317 e. The topological polar surface area (TPSA) is 12.0 Å². The van der Waals surface area contributed by atoms with Crippen LogP contribution in [0.25, 0.3) is 0 Å². The van der Waals surface area contributed by atoms with Gasteiger partial charge >= 0.3 is 0 Å². The van der Waals surface area contributed by atoms with Gasteiger partial charge in [-0.05, 0) is 19.4 Å². The summed E-state index contributed by atoms with van der Waals surface area (Å²) in [5.41, 5.74) is 0. The molecule has 1 heterocycles. The summed E-state index contributed by atoms with van der Waals surface area (Å²) in [6.07, 6.45) is 9.67. The molecule has 1 rings (SSSR count). The van der Waals surface area contributed by atoms with Crippen LogP contribution in [0, 0.1) is 0 Å². The molecule has 0 amide bonds. The Hall–Kier alpha value is 0.660. The van der Waals surface area contributed by atoms with Gasteiger partial charge in [-0.3, -0.25) is 0 Å². The molecule has 0 saturated carbocycles. The van der Waals surface area contributed by atoms with Gasteiger partial charge in [0, 0.05) is 28.0 Å². The maximum atomic E-state index is 3.83. The first-order chi connectivity index (χ1) is 9.29. The minimum Gasteiger partial charge on any atom is -0.313 e. The first kappa shape index (κ1) is 17.7. The van der Waals surface area contributed by atoms with E-state index in [9.17, 15) is 0 Å². The van der Waals surface area contributed by atoms with Crippen molar-refractivity contribution in [1.82, 2.24) is 5.32 Å². The lowest BCUT2D eigenvalue weighted by molar-refractivity contribution is 0.438. The van der Waals surface area contributed by atoms with Gasteiger partial charge in [0.25, 0.3) is 0 Å². The highest BCUT2D eigenvalue weighted by molar-refractivity contribution is 8.07. The molecule has 1 nitrogen and oxygen atoms in total. The maximum Gasteiger partial charge on any atom is 0.0317 e. The second-order valence-corrected chi connectivity index (χ2v) is 8.45. The minimum atomic E-state index is 0.745. The molecule has 3 heteroatoms. The lowest BCUT2D eigenvalue weighted by atomic mass is 10.0. The summed E-state index contributed by atoms with van der Waals surface area (Å²) in [6.45, 7) is 8.19. The van der Waals surface area contributed by atoms with Crippen LogP contribution in [0.4, 0.5) is 0 Å². The first-order valence-electron chi connectivity index (χ1n) is 8.26. The van der Waals surface area contributed by atoms with Crippen molar-refractivity contribution in [3.05, 3.63) is 0 Å². The van der Waals surface area contributed by atoms with Crippen molar-refractivity contribution in [3.8, 4) is 0 Å². The molecule has 1 N–H and O–H groups in total. The van der Waals surface area contributed by atoms with Crippen molar-refractivity contribution in [3.63, 3.8) is 0 Å². The van der Waals surface area contributed by atoms with Gasteiger partial charge in [-0.15, -0.1) is 0 Å². The fourth-order valence-corrected chi connectivity index (χ4v) is 5.77. The fraction of sp³-hybridized carbons (Fsp3) is 1.00. The van der Waals surface area contributed by atoms with Gasteiger partial charge in [0.2, 0.25) is 0 Å². The van der Waals surface area contributed by atoms with Crippen LogP contribution in [0.15, 0.2) is 0 Å². The quantitative estimate of drug-likeness (QED) is 0.573. The molecule has 0 spiro atoms. The Kier molecular flexibility index (Phi) is 10.6. The van der Waals surface area contributed by atoms with Gasteiger partial charge in [-0.2, -0.15) is 23.5 Å². The molecule has 0 aromatic heterocycles. The summed E-state index contributed by atoms with van der Waals surface area (Å²) >= 11 is 4.39. The molecule has 3 atom stereocenters. The molecule has 1 saturated heterocycles. The Morgan fingerprint density at radius 1 is 1.00 bits per heavy atom. The van der Waals surface area contributed by atoms with Crippen LogP contribution in [0.1, 0.15) is 65.7 Å². The Balaban J connectivity index is 2.32. The molecule has 0 aromatic carbocycles. The van der Waals surface area contributed by atoms with Crippen LogP contribution in [-0.2, 0) is 0 Å². The fourth-order valence-electron chi connectivity index (χ4n) is 2.77. The molecule has 19 heavy (non-hydrogen) atoms. The molecule has 0 bridgehead atoms. The highest BCUT2D eigenvalue weighted by Gasteiger charge is 2.29. The Morgan fingerprint density at radius 3 is 2.42 bits per heavy atom. The molecular formula is C16H33NS2. The zero-order valence-corrected chi connectivity index (χ0v) is 14.8. The Labute approximate surface area is 129 Å². The van der Waals surface area contributed by atoms with E-state index in [1.54, 1.807) is 0 Å². The van der Waals surface area contributed by atoms with E-state index >= 15 is 0 Å². The van der Waals surface area contributed by atoms with E-state index < -0.39 is 0 Å². The first-order valence-corrected chi connectivity index (χ1v) is 10.4. The summed E-state index contributed by atoms with van der Waals surface area (Å²) in [7, 11) is 0. The van der Waals surface area contributed by atoms with E-state index in [0.29, 0.717) is 0 Å². The van der Waals surface area contributed by atoms with Gasteiger partial charge in [0.1, 0.15) is 0 Å². The number of thioether (sulfide) groups is 2. The summed E-state index contributed by atoms with van der Waals surface area (Å²) in [5.74, 6) is 2.69. The van der Waals surface area contributed by atoms with Crippen molar-refractivity contribution >= 4 is 23.5 Å². The normalized spacial score (nSPS) is 25.4. The van der Waals surface area contributed by atoms with Gasteiger partial charge < -0.3 is 5.32 Å². The lowest BCUT2D eigenvalue weighted by Gasteiger charge is -2.35. The van der Waals surface area contributed by atoms with E-state index in [1.807, 2.05) is 0 Å². The van der Waals surface area contributed by atoms with Gasteiger partial charge in [0.15, 0.2) is 0 Å². The average Bonchev–Trinajstić information content (AvgIpc) is 2.43. The number of hydrogen-bond donors (Lipinski definition) is 1. The zero-order valence-electron chi connectivity index (χ0n) is 13.1. The van der Waals surface area contributed by atoms with Crippen molar-refractivity contribution in [1.29, 1.82) is 0 Å². The van der Waals surface area contributed by atoms with E-state index in [0.717, 1.165) is 16.5 Å². The molecule has 0 aliphatic carbocycles. The predicted molar refractivity (Wildman–Crippen MR) is 93.6 cm³/mol. The lowest BCUT2D eigenvalue weighted by Crippen LogP contribution is -2.44. The van der Waals surface area contributed by atoms with Crippen LogP contribution >= 0.6 is 23.5 Å². The Bertz CT molecular complexity index is 211. The number of rotatable bonds is 10. The summed E-state index contributed by atoms with van der Waals surface area (Å²) in [5, 5.41) is 5.48. The van der Waals surface area contributed by atoms with Gasteiger partial charge in [-0.1, -0.05) is 52.9 Å². The highest BCUT2D eigenvalue weighted by atomic mass is 32.2. The zero-order chi connectivity index (χ0) is 13.9. The van der Waals surface area contributed by atoms with E-state index in [2.05, 4.69) is 49.6 Å². The predicted octanol–water partition coefficient (Wildman–Crippen LogP) is 4.95. The average molecular weight is 304 g/mol. The van der Waals surface area contributed by atoms with Crippen LogP contribution in [0.5, 0.6) is 0 Å². The van der Waals surface area contributed by atoms with Crippen LogP contribution in [0.2, 0.25) is 0 Å². The standard InChI is InChI=1S/C16H33NS2/c1-4-6-7-8-9-10-15(17-11-5-2)16-14(3)18-12-13-19-16/h14-17H,4-13H2,1-3H3. The molecule has 0 aromatic rings.